The zero-order valence-electron chi connectivity index (χ0n) is 11.4. The molecular weight excluding hydrogens is 286 g/mol. The van der Waals surface area contributed by atoms with Crippen LogP contribution in [-0.2, 0) is 0 Å². The largest absolute Gasteiger partial charge is 0.495 e. The van der Waals surface area contributed by atoms with Crippen LogP contribution in [0.5, 0.6) is 5.75 Å². The first-order chi connectivity index (χ1) is 10.1. The minimum absolute atomic E-state index is 0.184. The summed E-state index contributed by atoms with van der Waals surface area (Å²) < 4.78 is 5.23. The minimum atomic E-state index is -0.400. The second kappa shape index (κ2) is 6.71. The molecule has 0 radical (unpaired) electrons. The standard InChI is InChI=1S/C15H15N3O2S/c1-20-12-9-5-8-11(14(16)21)13(12)18-15(19)17-10-6-3-2-4-7-10/h2-9H,1H3,(H2,16,21)(H2,17,18,19). The maximum atomic E-state index is 12.1. The molecule has 21 heavy (non-hydrogen) atoms. The molecule has 0 bridgehead atoms. The van der Waals surface area contributed by atoms with Gasteiger partial charge in [0, 0.05) is 11.3 Å². The molecule has 0 heterocycles. The van der Waals surface area contributed by atoms with Gasteiger partial charge in [-0.3, -0.25) is 0 Å². The fourth-order valence-corrected chi connectivity index (χ4v) is 2.00. The number of carbonyl (C=O) groups excluding carboxylic acids is 1. The monoisotopic (exact) mass is 301 g/mol. The van der Waals surface area contributed by atoms with Gasteiger partial charge in [-0.15, -0.1) is 0 Å². The molecule has 2 aromatic carbocycles. The highest BCUT2D eigenvalue weighted by molar-refractivity contribution is 7.80. The number of ether oxygens (including phenoxy) is 1. The lowest BCUT2D eigenvalue weighted by molar-refractivity contribution is 0.262. The molecule has 0 aliphatic rings. The van der Waals surface area contributed by atoms with E-state index in [0.29, 0.717) is 22.7 Å². The van der Waals surface area contributed by atoms with Crippen molar-refractivity contribution in [3.05, 3.63) is 54.1 Å². The second-order valence-electron chi connectivity index (χ2n) is 4.19. The predicted octanol–water partition coefficient (Wildman–Crippen LogP) is 2.97. The summed E-state index contributed by atoms with van der Waals surface area (Å²) in [4.78, 5) is 12.2. The first kappa shape index (κ1) is 14.8. The zero-order valence-corrected chi connectivity index (χ0v) is 12.2. The van der Waals surface area contributed by atoms with Crippen LogP contribution < -0.4 is 21.1 Å². The summed E-state index contributed by atoms with van der Waals surface area (Å²) in [5.74, 6) is 0.489. The molecule has 2 rings (SSSR count). The van der Waals surface area contributed by atoms with E-state index in [2.05, 4.69) is 10.6 Å². The normalized spacial score (nSPS) is 9.76. The van der Waals surface area contributed by atoms with Crippen LogP contribution in [0.15, 0.2) is 48.5 Å². The molecule has 0 unspecified atom stereocenters. The summed E-state index contributed by atoms with van der Waals surface area (Å²) >= 11 is 4.99. The number of benzene rings is 2. The number of nitrogens with two attached hydrogens (primary N) is 1. The molecule has 0 saturated carbocycles. The summed E-state index contributed by atoms with van der Waals surface area (Å²) in [6.45, 7) is 0. The molecule has 2 aromatic rings. The van der Waals surface area contributed by atoms with Gasteiger partial charge in [0.25, 0.3) is 0 Å². The van der Waals surface area contributed by atoms with Gasteiger partial charge in [-0.1, -0.05) is 36.5 Å². The highest BCUT2D eigenvalue weighted by Crippen LogP contribution is 2.28. The fraction of sp³-hybridized carbons (Fsp3) is 0.0667. The third-order valence-electron chi connectivity index (χ3n) is 2.78. The molecule has 0 aliphatic heterocycles. The molecule has 0 aromatic heterocycles. The number of rotatable bonds is 4. The Kier molecular flexibility index (Phi) is 4.73. The Bertz CT molecular complexity index is 659. The van der Waals surface area contributed by atoms with Crippen molar-refractivity contribution < 1.29 is 9.53 Å². The number of amides is 2. The van der Waals surface area contributed by atoms with Crippen LogP contribution in [0.4, 0.5) is 16.2 Å². The number of nitrogens with one attached hydrogen (secondary N) is 2. The summed E-state index contributed by atoms with van der Waals surface area (Å²) in [6, 6.07) is 13.9. The molecule has 4 N–H and O–H groups in total. The first-order valence-corrected chi connectivity index (χ1v) is 6.62. The Balaban J connectivity index is 2.22. The van der Waals surface area contributed by atoms with E-state index in [1.54, 1.807) is 30.3 Å². The van der Waals surface area contributed by atoms with Crippen molar-refractivity contribution in [1.29, 1.82) is 0 Å². The van der Waals surface area contributed by atoms with Gasteiger partial charge in [0.15, 0.2) is 0 Å². The SMILES string of the molecule is COc1cccc(C(N)=S)c1NC(=O)Nc1ccccc1. The van der Waals surface area contributed by atoms with Crippen LogP contribution in [0, 0.1) is 0 Å². The Labute approximate surface area is 128 Å². The molecule has 2 amide bonds. The number of carbonyl (C=O) groups is 1. The van der Waals surface area contributed by atoms with Gasteiger partial charge < -0.3 is 21.1 Å². The number of para-hydroxylation sites is 2. The third kappa shape index (κ3) is 3.70. The zero-order chi connectivity index (χ0) is 15.2. The molecule has 0 fully saturated rings. The molecule has 0 spiro atoms. The lowest BCUT2D eigenvalue weighted by Crippen LogP contribution is -2.22. The Morgan fingerprint density at radius 3 is 2.43 bits per heavy atom. The number of hydrogen-bond acceptors (Lipinski definition) is 3. The Morgan fingerprint density at radius 2 is 1.81 bits per heavy atom. The quantitative estimate of drug-likeness (QED) is 0.759. The lowest BCUT2D eigenvalue weighted by atomic mass is 10.1. The van der Waals surface area contributed by atoms with Crippen molar-refractivity contribution in [2.75, 3.05) is 17.7 Å². The Hall–Kier alpha value is -2.60. The summed E-state index contributed by atoms with van der Waals surface area (Å²) in [6.07, 6.45) is 0. The summed E-state index contributed by atoms with van der Waals surface area (Å²) in [7, 11) is 1.51. The molecule has 5 nitrogen and oxygen atoms in total. The highest BCUT2D eigenvalue weighted by Gasteiger charge is 2.14. The number of anilines is 2. The van der Waals surface area contributed by atoms with E-state index in [9.17, 15) is 4.79 Å². The van der Waals surface area contributed by atoms with E-state index in [0.717, 1.165) is 0 Å². The van der Waals surface area contributed by atoms with Crippen molar-refractivity contribution in [3.8, 4) is 5.75 Å². The van der Waals surface area contributed by atoms with Gasteiger partial charge in [-0.05, 0) is 24.3 Å². The number of hydrogen-bond donors (Lipinski definition) is 3. The van der Waals surface area contributed by atoms with Crippen LogP contribution in [-0.4, -0.2) is 18.1 Å². The van der Waals surface area contributed by atoms with Crippen molar-refractivity contribution in [2.24, 2.45) is 5.73 Å². The molecule has 0 aliphatic carbocycles. The predicted molar refractivity (Wildman–Crippen MR) is 88.0 cm³/mol. The average Bonchev–Trinajstić information content (AvgIpc) is 2.48. The van der Waals surface area contributed by atoms with Gasteiger partial charge in [0.05, 0.1) is 12.8 Å². The molecule has 0 atom stereocenters. The summed E-state index contributed by atoms with van der Waals surface area (Å²) in [5.41, 5.74) is 7.35. The van der Waals surface area contributed by atoms with Crippen LogP contribution >= 0.6 is 12.2 Å². The van der Waals surface area contributed by atoms with Crippen LogP contribution in [0.3, 0.4) is 0 Å². The third-order valence-corrected chi connectivity index (χ3v) is 3.00. The van der Waals surface area contributed by atoms with Gasteiger partial charge in [0.1, 0.15) is 10.7 Å². The maximum absolute atomic E-state index is 12.1. The van der Waals surface area contributed by atoms with Gasteiger partial charge >= 0.3 is 6.03 Å². The smallest absolute Gasteiger partial charge is 0.323 e. The highest BCUT2D eigenvalue weighted by atomic mass is 32.1. The van der Waals surface area contributed by atoms with E-state index >= 15 is 0 Å². The maximum Gasteiger partial charge on any atom is 0.323 e. The van der Waals surface area contributed by atoms with Crippen molar-refractivity contribution in [3.63, 3.8) is 0 Å². The van der Waals surface area contributed by atoms with E-state index in [1.807, 2.05) is 18.2 Å². The number of thiocarbonyl (C=S) groups is 1. The number of urea groups is 1. The van der Waals surface area contributed by atoms with Crippen molar-refractivity contribution in [1.82, 2.24) is 0 Å². The summed E-state index contributed by atoms with van der Waals surface area (Å²) in [5, 5.41) is 5.44. The van der Waals surface area contributed by atoms with Gasteiger partial charge in [-0.25, -0.2) is 4.79 Å². The van der Waals surface area contributed by atoms with Gasteiger partial charge in [-0.2, -0.15) is 0 Å². The van der Waals surface area contributed by atoms with Crippen LogP contribution in [0.1, 0.15) is 5.56 Å². The van der Waals surface area contributed by atoms with Crippen molar-refractivity contribution >= 4 is 34.6 Å². The average molecular weight is 301 g/mol. The minimum Gasteiger partial charge on any atom is -0.495 e. The topological polar surface area (TPSA) is 76.4 Å². The molecular formula is C15H15N3O2S. The number of methoxy groups -OCH3 is 1. The lowest BCUT2D eigenvalue weighted by Gasteiger charge is -2.14. The Morgan fingerprint density at radius 1 is 1.10 bits per heavy atom. The van der Waals surface area contributed by atoms with E-state index in [1.165, 1.54) is 7.11 Å². The first-order valence-electron chi connectivity index (χ1n) is 6.21. The van der Waals surface area contributed by atoms with Crippen LogP contribution in [0.2, 0.25) is 0 Å². The molecule has 108 valence electrons. The van der Waals surface area contributed by atoms with Crippen LogP contribution in [0.25, 0.3) is 0 Å². The van der Waals surface area contributed by atoms with Crippen molar-refractivity contribution in [2.45, 2.75) is 0 Å². The van der Waals surface area contributed by atoms with Gasteiger partial charge in [0.2, 0.25) is 0 Å². The van der Waals surface area contributed by atoms with E-state index in [-0.39, 0.29) is 4.99 Å². The van der Waals surface area contributed by atoms with E-state index < -0.39 is 6.03 Å². The van der Waals surface area contributed by atoms with E-state index in [4.69, 9.17) is 22.7 Å². The molecule has 0 saturated heterocycles. The molecule has 6 heteroatoms. The second-order valence-corrected chi connectivity index (χ2v) is 4.63. The fourth-order valence-electron chi connectivity index (χ4n) is 1.83.